The molecule has 1 aromatic carbocycles. The van der Waals surface area contributed by atoms with Crippen LogP contribution < -0.4 is 10.1 Å². The van der Waals surface area contributed by atoms with Gasteiger partial charge in [-0.05, 0) is 12.1 Å². The number of hydrogen-bond donors (Lipinski definition) is 2. The lowest BCUT2D eigenvalue weighted by molar-refractivity contribution is -0.384. The van der Waals surface area contributed by atoms with Gasteiger partial charge in [0.25, 0.3) is 5.69 Å². The van der Waals surface area contributed by atoms with Crippen molar-refractivity contribution < 1.29 is 24.3 Å². The zero-order chi connectivity index (χ0) is 14.4. The van der Waals surface area contributed by atoms with Crippen LogP contribution in [0.2, 0.25) is 0 Å². The molecule has 0 aromatic heterocycles. The number of anilines is 1. The van der Waals surface area contributed by atoms with E-state index in [-0.39, 0.29) is 18.0 Å². The van der Waals surface area contributed by atoms with Gasteiger partial charge in [0.1, 0.15) is 17.5 Å². The van der Waals surface area contributed by atoms with Crippen LogP contribution in [-0.2, 0) is 9.53 Å². The Kier molecular flexibility index (Phi) is 5.07. The lowest BCUT2D eigenvalue weighted by atomic mass is 10.2. The number of hydrogen-bond acceptors (Lipinski definition) is 6. The maximum absolute atomic E-state index is 11.0. The zero-order valence-electron chi connectivity index (χ0n) is 10.5. The summed E-state index contributed by atoms with van der Waals surface area (Å²) in [4.78, 5) is 21.3. The molecule has 0 spiro atoms. The van der Waals surface area contributed by atoms with Crippen molar-refractivity contribution in [3.05, 3.63) is 28.3 Å². The van der Waals surface area contributed by atoms with E-state index in [9.17, 15) is 14.9 Å². The summed E-state index contributed by atoms with van der Waals surface area (Å²) in [7, 11) is 2.73. The molecule has 0 radical (unpaired) electrons. The fraction of sp³-hybridized carbons (Fsp3) is 0.364. The molecule has 2 N–H and O–H groups in total. The van der Waals surface area contributed by atoms with Crippen molar-refractivity contribution in [3.63, 3.8) is 0 Å². The Morgan fingerprint density at radius 1 is 1.53 bits per heavy atom. The molecular formula is C11H14N2O6. The molecule has 0 saturated carbocycles. The highest BCUT2D eigenvalue weighted by Gasteiger charge is 2.22. The van der Waals surface area contributed by atoms with Gasteiger partial charge in [-0.1, -0.05) is 0 Å². The van der Waals surface area contributed by atoms with Crippen molar-refractivity contribution in [2.45, 2.75) is 6.04 Å². The molecule has 0 aliphatic carbocycles. The minimum absolute atomic E-state index is 0.0928. The highest BCUT2D eigenvalue weighted by atomic mass is 16.6. The Hall–Kier alpha value is -2.35. The maximum Gasteiger partial charge on any atom is 0.328 e. The van der Waals surface area contributed by atoms with E-state index in [0.29, 0.717) is 5.75 Å². The monoisotopic (exact) mass is 270 g/mol. The van der Waals surface area contributed by atoms with Crippen LogP contribution in [0.3, 0.4) is 0 Å². The van der Waals surface area contributed by atoms with Crippen molar-refractivity contribution in [1.82, 2.24) is 0 Å². The normalized spacial score (nSPS) is 11.7. The second-order valence-electron chi connectivity index (χ2n) is 3.63. The number of ether oxygens (including phenoxy) is 2. The Labute approximate surface area is 109 Å². The number of nitrogens with one attached hydrogen (secondary N) is 1. The van der Waals surface area contributed by atoms with Crippen LogP contribution in [0.25, 0.3) is 0 Å². The molecule has 0 saturated heterocycles. The summed E-state index contributed by atoms with van der Waals surface area (Å²) < 4.78 is 9.63. The number of benzene rings is 1. The number of rotatable bonds is 7. The van der Waals surface area contributed by atoms with Gasteiger partial charge in [0.15, 0.2) is 0 Å². The molecule has 104 valence electrons. The van der Waals surface area contributed by atoms with Crippen LogP contribution in [0, 0.1) is 10.1 Å². The second-order valence-corrected chi connectivity index (χ2v) is 3.63. The van der Waals surface area contributed by atoms with Gasteiger partial charge in [-0.2, -0.15) is 0 Å². The first-order valence-corrected chi connectivity index (χ1v) is 5.30. The summed E-state index contributed by atoms with van der Waals surface area (Å²) in [5, 5.41) is 22.4. The fourth-order valence-electron chi connectivity index (χ4n) is 1.44. The summed E-state index contributed by atoms with van der Waals surface area (Å²) in [6.45, 7) is -0.113. The lowest BCUT2D eigenvalue weighted by Gasteiger charge is -2.15. The van der Waals surface area contributed by atoms with Gasteiger partial charge in [0.2, 0.25) is 0 Å². The van der Waals surface area contributed by atoms with E-state index in [1.54, 1.807) is 0 Å². The molecular weight excluding hydrogens is 256 g/mol. The van der Waals surface area contributed by atoms with Crippen molar-refractivity contribution in [2.24, 2.45) is 0 Å². The summed E-state index contributed by atoms with van der Waals surface area (Å²) in [5.41, 5.74) is -0.169. The van der Waals surface area contributed by atoms with Crippen LogP contribution in [0.5, 0.6) is 5.75 Å². The van der Waals surface area contributed by atoms with Crippen molar-refractivity contribution >= 4 is 17.3 Å². The van der Waals surface area contributed by atoms with Gasteiger partial charge in [-0.15, -0.1) is 0 Å². The van der Waals surface area contributed by atoms with Crippen molar-refractivity contribution in [3.8, 4) is 5.75 Å². The first kappa shape index (κ1) is 14.7. The van der Waals surface area contributed by atoms with Gasteiger partial charge in [-0.3, -0.25) is 10.1 Å². The fourth-order valence-corrected chi connectivity index (χ4v) is 1.44. The summed E-state index contributed by atoms with van der Waals surface area (Å²) >= 11 is 0. The van der Waals surface area contributed by atoms with Crippen LogP contribution in [0.1, 0.15) is 0 Å². The molecule has 0 heterocycles. The zero-order valence-corrected chi connectivity index (χ0v) is 10.5. The van der Waals surface area contributed by atoms with Gasteiger partial charge >= 0.3 is 5.97 Å². The van der Waals surface area contributed by atoms with Crippen LogP contribution in [-0.4, -0.2) is 42.9 Å². The molecule has 0 amide bonds. The molecule has 1 rings (SSSR count). The molecule has 19 heavy (non-hydrogen) atoms. The molecule has 0 fully saturated rings. The van der Waals surface area contributed by atoms with E-state index in [1.165, 1.54) is 32.4 Å². The number of carbonyl (C=O) groups is 1. The number of nitrogens with zero attached hydrogens (tertiary/aromatic N) is 1. The molecule has 8 nitrogen and oxygen atoms in total. The van der Waals surface area contributed by atoms with Gasteiger partial charge in [0, 0.05) is 7.11 Å². The average Bonchev–Trinajstić information content (AvgIpc) is 2.38. The highest BCUT2D eigenvalue weighted by molar-refractivity contribution is 5.79. The smallest absolute Gasteiger partial charge is 0.328 e. The second kappa shape index (κ2) is 6.55. The lowest BCUT2D eigenvalue weighted by Crippen LogP contribution is -2.33. The van der Waals surface area contributed by atoms with E-state index in [2.05, 4.69) is 5.32 Å². The topological polar surface area (TPSA) is 111 Å². The average molecular weight is 270 g/mol. The minimum atomic E-state index is -1.16. The van der Waals surface area contributed by atoms with Crippen LogP contribution in [0.4, 0.5) is 11.4 Å². The predicted octanol–water partition coefficient (Wildman–Crippen LogP) is 1.11. The van der Waals surface area contributed by atoms with Crippen molar-refractivity contribution in [1.29, 1.82) is 0 Å². The third-order valence-corrected chi connectivity index (χ3v) is 2.36. The van der Waals surface area contributed by atoms with Crippen molar-refractivity contribution in [2.75, 3.05) is 26.1 Å². The van der Waals surface area contributed by atoms with E-state index in [4.69, 9.17) is 14.6 Å². The summed E-state index contributed by atoms with van der Waals surface area (Å²) in [6, 6.07) is 3.04. The van der Waals surface area contributed by atoms with E-state index < -0.39 is 16.9 Å². The Balaban J connectivity index is 3.05. The largest absolute Gasteiger partial charge is 0.496 e. The Morgan fingerprint density at radius 2 is 2.21 bits per heavy atom. The number of carboxylic acid groups (broad SMARTS) is 1. The predicted molar refractivity (Wildman–Crippen MR) is 66.6 cm³/mol. The third-order valence-electron chi connectivity index (χ3n) is 2.36. The minimum Gasteiger partial charge on any atom is -0.496 e. The summed E-state index contributed by atoms with van der Waals surface area (Å²) in [6.07, 6.45) is 0. The Bertz CT molecular complexity index is 476. The Morgan fingerprint density at radius 3 is 2.68 bits per heavy atom. The van der Waals surface area contributed by atoms with Gasteiger partial charge in [0.05, 0.1) is 24.7 Å². The number of nitro groups is 1. The maximum atomic E-state index is 11.0. The summed E-state index contributed by atoms with van der Waals surface area (Å²) in [5.74, 6) is -0.845. The molecule has 0 aliphatic heterocycles. The van der Waals surface area contributed by atoms with Gasteiger partial charge < -0.3 is 19.9 Å². The standard InChI is InChI=1S/C11H14N2O6/c1-18-6-9(11(14)15)12-8-4-3-7(19-2)5-10(8)13(16)17/h3-5,9,12H,6H2,1-2H3,(H,14,15). The van der Waals surface area contributed by atoms with Crippen LogP contribution >= 0.6 is 0 Å². The van der Waals surface area contributed by atoms with E-state index in [1.807, 2.05) is 0 Å². The molecule has 1 atom stereocenters. The highest BCUT2D eigenvalue weighted by Crippen LogP contribution is 2.29. The first-order chi connectivity index (χ1) is 8.99. The number of aliphatic carboxylic acids is 1. The number of carboxylic acids is 1. The molecule has 0 bridgehead atoms. The van der Waals surface area contributed by atoms with E-state index >= 15 is 0 Å². The number of methoxy groups -OCH3 is 2. The first-order valence-electron chi connectivity index (χ1n) is 5.30. The van der Waals surface area contributed by atoms with Gasteiger partial charge in [-0.25, -0.2) is 4.79 Å². The molecule has 8 heteroatoms. The molecule has 1 aromatic rings. The van der Waals surface area contributed by atoms with Crippen LogP contribution in [0.15, 0.2) is 18.2 Å². The quantitative estimate of drug-likeness (QED) is 0.564. The number of nitro benzene ring substituents is 1. The third kappa shape index (κ3) is 3.81. The molecule has 0 aliphatic rings. The van der Waals surface area contributed by atoms with E-state index in [0.717, 1.165) is 0 Å². The molecule has 1 unspecified atom stereocenters. The SMILES string of the molecule is COCC(Nc1ccc(OC)cc1[N+](=O)[O-])C(=O)O.